The average Bonchev–Trinajstić information content (AvgIpc) is 4.08. The fourth-order valence-corrected chi connectivity index (χ4v) is 9.35. The van der Waals surface area contributed by atoms with Crippen molar-refractivity contribution in [1.29, 1.82) is 0 Å². The Morgan fingerprint density at radius 2 is 0.954 bits per heavy atom. The van der Waals surface area contributed by atoms with Gasteiger partial charge in [0.15, 0.2) is 0 Å². The first-order chi connectivity index (χ1) is 30.9. The summed E-state index contributed by atoms with van der Waals surface area (Å²) in [6.45, 7) is 14.8. The van der Waals surface area contributed by atoms with Crippen molar-refractivity contribution in [2.45, 2.75) is 129 Å². The highest BCUT2D eigenvalue weighted by Gasteiger charge is 2.41. The minimum Gasteiger partial charge on any atom is -0.453 e. The highest BCUT2D eigenvalue weighted by molar-refractivity contribution is 5.99. The fourth-order valence-electron chi connectivity index (χ4n) is 9.35. The lowest BCUT2D eigenvalue weighted by Crippen LogP contribution is -2.54. The van der Waals surface area contributed by atoms with Gasteiger partial charge in [-0.05, 0) is 109 Å². The van der Waals surface area contributed by atoms with Crippen LogP contribution in [0.1, 0.15) is 116 Å². The van der Waals surface area contributed by atoms with E-state index in [1.807, 2.05) is 52.0 Å². The Balaban J connectivity index is 1.17. The molecular weight excluding hydrogens is 827 g/mol. The molecular formula is C50H67N7O8. The van der Waals surface area contributed by atoms with E-state index in [2.05, 4.69) is 95.5 Å². The van der Waals surface area contributed by atoms with Crippen molar-refractivity contribution < 1.29 is 38.2 Å². The topological polar surface area (TPSA) is 179 Å². The molecule has 6 atom stereocenters. The highest BCUT2D eigenvalue weighted by Crippen LogP contribution is 2.47. The summed E-state index contributed by atoms with van der Waals surface area (Å²) in [5.41, 5.74) is 5.75. The average molecular weight is 894 g/mol. The zero-order valence-electron chi connectivity index (χ0n) is 39.3. The van der Waals surface area contributed by atoms with Crippen LogP contribution in [0.15, 0.2) is 72.8 Å². The van der Waals surface area contributed by atoms with Gasteiger partial charge < -0.3 is 45.4 Å². The van der Waals surface area contributed by atoms with Crippen LogP contribution in [0, 0.1) is 11.8 Å². The first-order valence-corrected chi connectivity index (χ1v) is 22.9. The van der Waals surface area contributed by atoms with Gasteiger partial charge in [0.05, 0.1) is 26.3 Å². The van der Waals surface area contributed by atoms with Crippen LogP contribution in [-0.4, -0.2) is 97.1 Å². The summed E-state index contributed by atoms with van der Waals surface area (Å²) in [6.07, 6.45) is 2.77. The number of benzene rings is 3. The molecule has 15 nitrogen and oxygen atoms in total. The molecule has 6 rings (SSSR count). The maximum Gasteiger partial charge on any atom is 0.407 e. The largest absolute Gasteiger partial charge is 0.453 e. The number of methoxy groups -OCH3 is 2. The number of alkyl carbamates (subject to hydrolysis) is 2. The number of anilines is 3. The van der Waals surface area contributed by atoms with E-state index >= 15 is 0 Å². The molecule has 350 valence electrons. The molecule has 3 fully saturated rings. The molecule has 0 aliphatic carbocycles. The third kappa shape index (κ3) is 11.2. The molecule has 0 radical (unpaired) electrons. The molecule has 3 heterocycles. The van der Waals surface area contributed by atoms with Crippen molar-refractivity contribution in [3.63, 3.8) is 0 Å². The Morgan fingerprint density at radius 1 is 0.569 bits per heavy atom. The fraction of sp³-hybridized carbons (Fsp3) is 0.520. The Kier molecular flexibility index (Phi) is 15.5. The van der Waals surface area contributed by atoms with Crippen molar-refractivity contribution in [2.75, 3.05) is 42.8 Å². The summed E-state index contributed by atoms with van der Waals surface area (Å²) in [4.78, 5) is 84.1. The first-order valence-electron chi connectivity index (χ1n) is 22.9. The van der Waals surface area contributed by atoms with Gasteiger partial charge in [0.1, 0.15) is 24.2 Å². The quantitative estimate of drug-likeness (QED) is 0.134. The third-order valence-electron chi connectivity index (χ3n) is 13.0. The number of likely N-dealkylation sites (tertiary alicyclic amines) is 2. The molecule has 3 aromatic carbocycles. The number of carbonyl (C=O) groups is 6. The molecule has 0 unspecified atom stereocenters. The van der Waals surface area contributed by atoms with Gasteiger partial charge in [-0.2, -0.15) is 0 Å². The van der Waals surface area contributed by atoms with Gasteiger partial charge in [-0.15, -0.1) is 0 Å². The Labute approximate surface area is 383 Å². The van der Waals surface area contributed by atoms with Gasteiger partial charge in [0.25, 0.3) is 0 Å². The van der Waals surface area contributed by atoms with Crippen LogP contribution >= 0.6 is 0 Å². The summed E-state index contributed by atoms with van der Waals surface area (Å²) < 4.78 is 9.49. The number of nitrogens with one attached hydrogen (secondary N) is 4. The predicted molar refractivity (Wildman–Crippen MR) is 250 cm³/mol. The summed E-state index contributed by atoms with van der Waals surface area (Å²) in [6, 6.07) is 21.7. The summed E-state index contributed by atoms with van der Waals surface area (Å²) in [7, 11) is 2.50. The maximum atomic E-state index is 13.7. The monoisotopic (exact) mass is 894 g/mol. The van der Waals surface area contributed by atoms with Crippen LogP contribution in [0.25, 0.3) is 0 Å². The molecule has 0 bridgehead atoms. The molecule has 4 N–H and O–H groups in total. The molecule has 3 aliphatic heterocycles. The van der Waals surface area contributed by atoms with Gasteiger partial charge in [-0.1, -0.05) is 84.9 Å². The van der Waals surface area contributed by atoms with E-state index in [0.717, 1.165) is 29.7 Å². The zero-order valence-corrected chi connectivity index (χ0v) is 39.3. The summed E-state index contributed by atoms with van der Waals surface area (Å²) >= 11 is 0. The first kappa shape index (κ1) is 48.3. The van der Waals surface area contributed by atoms with Gasteiger partial charge in [0, 0.05) is 30.2 Å². The maximum absolute atomic E-state index is 13.7. The van der Waals surface area contributed by atoms with Crippen molar-refractivity contribution in [1.82, 2.24) is 20.4 Å². The lowest BCUT2D eigenvalue weighted by Gasteiger charge is -2.34. The van der Waals surface area contributed by atoms with Gasteiger partial charge >= 0.3 is 12.2 Å². The molecule has 3 saturated heterocycles. The van der Waals surface area contributed by atoms with E-state index < -0.39 is 36.4 Å². The molecule has 6 amide bonds. The third-order valence-corrected chi connectivity index (χ3v) is 13.0. The predicted octanol–water partition coefficient (Wildman–Crippen LogP) is 7.69. The second-order valence-electron chi connectivity index (χ2n) is 19.1. The van der Waals surface area contributed by atoms with Crippen LogP contribution in [0.3, 0.4) is 0 Å². The van der Waals surface area contributed by atoms with Crippen molar-refractivity contribution in [2.24, 2.45) is 11.8 Å². The second-order valence-corrected chi connectivity index (χ2v) is 19.1. The Morgan fingerprint density at radius 3 is 1.29 bits per heavy atom. The number of amides is 6. The molecule has 0 saturated carbocycles. The van der Waals surface area contributed by atoms with E-state index in [1.165, 1.54) is 19.8 Å². The number of ether oxygens (including phenoxy) is 2. The van der Waals surface area contributed by atoms with E-state index in [9.17, 15) is 28.8 Å². The SMILES string of the molecule is COC(=O)N[C@H](C(=O)N1CCC[C@H]1C(=O)Nc1ccc([C@H]2CC[C@H](c3ccc(NC(=O)[C@@H]4CCCN4C(=O)[C@@H](NC(=O)OC)C(C)C)cc3)N2c2ccc(C(C)(C)C)cc2)cc1)C(C)C. The molecule has 3 aliphatic rings. The van der Waals surface area contributed by atoms with Gasteiger partial charge in [-0.3, -0.25) is 19.2 Å². The number of rotatable bonds is 13. The number of carbonyl (C=O) groups excluding carboxylic acids is 6. The Hall–Kier alpha value is -6.12. The molecule has 0 aromatic heterocycles. The molecule has 65 heavy (non-hydrogen) atoms. The van der Waals surface area contributed by atoms with Crippen LogP contribution in [0.5, 0.6) is 0 Å². The van der Waals surface area contributed by atoms with Crippen LogP contribution < -0.4 is 26.2 Å². The van der Waals surface area contributed by atoms with E-state index in [0.29, 0.717) is 50.1 Å². The summed E-state index contributed by atoms with van der Waals surface area (Å²) in [5, 5.41) is 11.3. The highest BCUT2D eigenvalue weighted by atomic mass is 16.5. The molecule has 15 heteroatoms. The minimum atomic E-state index is -0.814. The van der Waals surface area contributed by atoms with Crippen molar-refractivity contribution in [3.05, 3.63) is 89.5 Å². The van der Waals surface area contributed by atoms with E-state index in [-0.39, 0.29) is 53.0 Å². The lowest BCUT2D eigenvalue weighted by molar-refractivity contribution is -0.139. The number of hydrogen-bond acceptors (Lipinski definition) is 9. The van der Waals surface area contributed by atoms with Crippen LogP contribution in [0.2, 0.25) is 0 Å². The molecule has 0 spiro atoms. The van der Waals surface area contributed by atoms with Crippen LogP contribution in [0.4, 0.5) is 26.7 Å². The van der Waals surface area contributed by atoms with E-state index in [1.54, 1.807) is 9.80 Å². The van der Waals surface area contributed by atoms with Gasteiger partial charge in [-0.25, -0.2) is 9.59 Å². The molecule has 3 aromatic rings. The van der Waals surface area contributed by atoms with Crippen molar-refractivity contribution in [3.8, 4) is 0 Å². The smallest absolute Gasteiger partial charge is 0.407 e. The second kappa shape index (κ2) is 20.8. The standard InChI is InChI=1S/C50H67N7O8/c1-30(2)42(53-48(62)64-8)46(60)55-28-10-12-40(55)44(58)51-35-20-14-32(15-21-35)38-26-27-39(57(38)37-24-18-34(19-25-37)50(5,6)7)33-16-22-36(23-17-33)52-45(59)41-13-11-29-56(41)47(61)43(31(3)4)54-49(63)65-9/h14-25,30-31,38-43H,10-13,26-29H2,1-9H3,(H,51,58)(H,52,59)(H,53,62)(H,54,63)/t38-,39-,40+,41+,42+,43+/m1/s1. The van der Waals surface area contributed by atoms with E-state index in [4.69, 9.17) is 9.47 Å². The van der Waals surface area contributed by atoms with Crippen molar-refractivity contribution >= 4 is 52.9 Å². The number of nitrogens with zero attached hydrogens (tertiary/aromatic N) is 3. The lowest BCUT2D eigenvalue weighted by atomic mass is 9.87. The van der Waals surface area contributed by atoms with Gasteiger partial charge in [0.2, 0.25) is 23.6 Å². The number of hydrogen-bond donors (Lipinski definition) is 4. The normalized spacial score (nSPS) is 20.6. The zero-order chi connectivity index (χ0) is 47.2. The Bertz CT molecular complexity index is 2050. The minimum absolute atomic E-state index is 0.0132. The van der Waals surface area contributed by atoms with Crippen LogP contribution in [-0.2, 0) is 34.1 Å². The summed E-state index contributed by atoms with van der Waals surface area (Å²) in [5.74, 6) is -1.55.